The highest BCUT2D eigenvalue weighted by molar-refractivity contribution is 7.00. The fourth-order valence-electron chi connectivity index (χ4n) is 16.5. The predicted octanol–water partition coefficient (Wildman–Crippen LogP) is 20.1. The molecule has 0 bridgehead atoms. The van der Waals surface area contributed by atoms with E-state index in [1.54, 1.807) is 0 Å². The zero-order valence-electron chi connectivity index (χ0n) is 49.6. The number of nitrogens with zero attached hydrogens (tertiary/aromatic N) is 6. The van der Waals surface area contributed by atoms with Gasteiger partial charge in [0.2, 0.25) is 0 Å². The minimum Gasteiger partial charge on any atom is -0.456 e. The van der Waals surface area contributed by atoms with Crippen LogP contribution in [0, 0.1) is 0 Å². The summed E-state index contributed by atoms with van der Waals surface area (Å²) in [6.45, 7) is -0.254. The highest BCUT2D eigenvalue weighted by Crippen LogP contribution is 2.53. The van der Waals surface area contributed by atoms with Crippen LogP contribution >= 0.6 is 0 Å². The van der Waals surface area contributed by atoms with Crippen LogP contribution in [0.15, 0.2) is 314 Å². The van der Waals surface area contributed by atoms with Crippen molar-refractivity contribution in [2.75, 3.05) is 9.80 Å². The summed E-state index contributed by atoms with van der Waals surface area (Å²) in [7, 11) is 0. The third-order valence-corrected chi connectivity index (χ3v) is 20.1. The van der Waals surface area contributed by atoms with Crippen molar-refractivity contribution in [2.24, 2.45) is 0 Å². The quantitative estimate of drug-likeness (QED) is 0.156. The molecule has 7 heterocycles. The monoisotopic (exact) mass is 1170 g/mol. The van der Waals surface area contributed by atoms with Gasteiger partial charge in [0.15, 0.2) is 0 Å². The third kappa shape index (κ3) is 6.63. The summed E-state index contributed by atoms with van der Waals surface area (Å²) in [6.07, 6.45) is 0. The van der Waals surface area contributed by atoms with Crippen LogP contribution < -0.4 is 26.2 Å². The SMILES string of the molecule is c1ccc(-n2c3ccccc3c3ccccc32)c(N2c3cc(-n4c5ccccc5c5ccccc54)ccc3B3c4ccc(-n5c6ccccc6c6ccccc65)cc4N(c4ccccc4-n4c5ccccc5c5ccccc54)c4c3c2cc2oc3ccccc3c42)c1. The first-order chi connectivity index (χ1) is 45.7. The average molecular weight is 1170 g/mol. The lowest BCUT2D eigenvalue weighted by atomic mass is 9.33. The fraction of sp³-hybridized carbons (Fsp3) is 0. The van der Waals surface area contributed by atoms with E-state index in [4.69, 9.17) is 4.42 Å². The minimum absolute atomic E-state index is 0.254. The van der Waals surface area contributed by atoms with E-state index in [0.29, 0.717) is 0 Å². The number of hydrogen-bond donors (Lipinski definition) is 0. The Morgan fingerprint density at radius 1 is 0.228 bits per heavy atom. The van der Waals surface area contributed by atoms with Gasteiger partial charge in [-0.05, 0) is 120 Å². The zero-order valence-corrected chi connectivity index (χ0v) is 49.6. The Bertz CT molecular complexity index is 6170. The van der Waals surface area contributed by atoms with Crippen molar-refractivity contribution < 1.29 is 4.42 Å². The molecule has 2 aliphatic rings. The number of benzene rings is 14. The van der Waals surface area contributed by atoms with Gasteiger partial charge in [-0.2, -0.15) is 0 Å². The standard InChI is InChI=1S/C84H51BN6O/c1-10-32-65-54(23-1)55-24-2-11-33-66(55)86(65)52-45-47-63-77(49-52)90(74-41-19-18-40-73(74)88-69-36-14-5-27-58(69)59-28-6-15-37-70(59)88)79-51-81-82(62-31-9-22-44-80(62)92-81)84-83(79)85(63)64-48-46-53(87-67-34-12-3-25-56(67)57-26-4-13-35-68(57)87)50-78(64)91(84)76-43-21-20-42-75(76)89-71-38-16-7-29-60(71)61-30-8-17-39-72(61)89/h1-51H. The number of hydrogen-bond acceptors (Lipinski definition) is 3. The molecule has 0 fully saturated rings. The van der Waals surface area contributed by atoms with Crippen LogP contribution in [-0.4, -0.2) is 25.0 Å². The first-order valence-corrected chi connectivity index (χ1v) is 31.7. The first-order valence-electron chi connectivity index (χ1n) is 31.7. The van der Waals surface area contributed by atoms with Crippen molar-refractivity contribution in [2.45, 2.75) is 0 Å². The summed E-state index contributed by atoms with van der Waals surface area (Å²) >= 11 is 0. The van der Waals surface area contributed by atoms with E-state index in [9.17, 15) is 0 Å². The van der Waals surface area contributed by atoms with Gasteiger partial charge in [-0.1, -0.05) is 200 Å². The van der Waals surface area contributed by atoms with E-state index in [-0.39, 0.29) is 6.71 Å². The van der Waals surface area contributed by atoms with Crippen LogP contribution in [0.25, 0.3) is 132 Å². The van der Waals surface area contributed by atoms with Crippen molar-refractivity contribution in [3.05, 3.63) is 309 Å². The molecular formula is C84H51BN6O. The number of furan rings is 1. The van der Waals surface area contributed by atoms with E-state index >= 15 is 0 Å². The summed E-state index contributed by atoms with van der Waals surface area (Å²) in [6, 6.07) is 115. The lowest BCUT2D eigenvalue weighted by molar-refractivity contribution is 0.669. The van der Waals surface area contributed by atoms with Crippen LogP contribution in [-0.2, 0) is 0 Å². The number of anilines is 6. The first kappa shape index (κ1) is 49.7. The molecule has 0 atom stereocenters. The summed E-state index contributed by atoms with van der Waals surface area (Å²) in [5, 5.41) is 11.8. The molecule has 0 amide bonds. The van der Waals surface area contributed by atoms with Crippen molar-refractivity contribution in [1.29, 1.82) is 0 Å². The molecule has 426 valence electrons. The van der Waals surface area contributed by atoms with Crippen LogP contribution in [0.2, 0.25) is 0 Å². The maximum Gasteiger partial charge on any atom is 0.252 e. The van der Waals surface area contributed by atoms with Gasteiger partial charge in [0.1, 0.15) is 11.2 Å². The second-order valence-corrected chi connectivity index (χ2v) is 24.7. The lowest BCUT2D eigenvalue weighted by Crippen LogP contribution is -2.61. The van der Waals surface area contributed by atoms with Crippen molar-refractivity contribution >= 4 is 166 Å². The molecule has 5 aromatic heterocycles. The maximum absolute atomic E-state index is 7.39. The smallest absolute Gasteiger partial charge is 0.252 e. The van der Waals surface area contributed by atoms with Crippen LogP contribution in [0.1, 0.15) is 0 Å². The van der Waals surface area contributed by atoms with Gasteiger partial charge in [-0.3, -0.25) is 0 Å². The molecule has 2 aliphatic heterocycles. The molecule has 14 aromatic carbocycles. The van der Waals surface area contributed by atoms with Gasteiger partial charge < -0.3 is 32.5 Å². The zero-order chi connectivity index (χ0) is 59.9. The highest BCUT2D eigenvalue weighted by Gasteiger charge is 2.46. The normalized spacial score (nSPS) is 12.9. The van der Waals surface area contributed by atoms with Gasteiger partial charge in [0, 0.05) is 83.0 Å². The molecule has 0 saturated heterocycles. The van der Waals surface area contributed by atoms with Gasteiger partial charge in [0.25, 0.3) is 6.71 Å². The third-order valence-electron chi connectivity index (χ3n) is 20.1. The second kappa shape index (κ2) is 18.7. The predicted molar refractivity (Wildman–Crippen MR) is 385 cm³/mol. The molecule has 0 aliphatic carbocycles. The molecule has 21 rings (SSSR count). The van der Waals surface area contributed by atoms with Crippen molar-refractivity contribution in [1.82, 2.24) is 18.3 Å². The molecule has 0 spiro atoms. The van der Waals surface area contributed by atoms with Crippen LogP contribution in [0.4, 0.5) is 34.1 Å². The Hall–Kier alpha value is -12.3. The average Bonchev–Trinajstić information content (AvgIpc) is 0.987. The Morgan fingerprint density at radius 3 is 0.946 bits per heavy atom. The number of para-hydroxylation sites is 13. The molecular weight excluding hydrogens is 1120 g/mol. The van der Waals surface area contributed by atoms with Crippen molar-refractivity contribution in [3.8, 4) is 22.7 Å². The molecule has 7 nitrogen and oxygen atoms in total. The van der Waals surface area contributed by atoms with E-state index in [1.165, 1.54) is 59.5 Å². The Labute approximate surface area is 528 Å². The van der Waals surface area contributed by atoms with E-state index in [2.05, 4.69) is 337 Å². The summed E-state index contributed by atoms with van der Waals surface area (Å²) in [5.74, 6) is 0. The minimum atomic E-state index is -0.254. The molecule has 0 unspecified atom stereocenters. The van der Waals surface area contributed by atoms with Gasteiger partial charge in [0.05, 0.1) is 78.0 Å². The van der Waals surface area contributed by atoms with E-state index in [1.807, 2.05) is 0 Å². The summed E-state index contributed by atoms with van der Waals surface area (Å²) < 4.78 is 17.3. The fourth-order valence-corrected chi connectivity index (χ4v) is 16.5. The van der Waals surface area contributed by atoms with E-state index in [0.717, 1.165) is 123 Å². The molecule has 0 saturated carbocycles. The number of rotatable bonds is 6. The van der Waals surface area contributed by atoms with Crippen LogP contribution in [0.5, 0.6) is 0 Å². The molecule has 0 radical (unpaired) electrons. The van der Waals surface area contributed by atoms with Gasteiger partial charge in [-0.25, -0.2) is 0 Å². The van der Waals surface area contributed by atoms with Crippen LogP contribution in [0.3, 0.4) is 0 Å². The number of fused-ring (bicyclic) bond motifs is 20. The Morgan fingerprint density at radius 2 is 0.543 bits per heavy atom. The van der Waals surface area contributed by atoms with Gasteiger partial charge >= 0.3 is 0 Å². The molecule has 8 heteroatoms. The summed E-state index contributed by atoms with van der Waals surface area (Å²) in [5.41, 5.74) is 25.1. The summed E-state index contributed by atoms with van der Waals surface area (Å²) in [4.78, 5) is 5.21. The largest absolute Gasteiger partial charge is 0.456 e. The second-order valence-electron chi connectivity index (χ2n) is 24.7. The maximum atomic E-state index is 7.39. The van der Waals surface area contributed by atoms with Gasteiger partial charge in [-0.15, -0.1) is 0 Å². The molecule has 19 aromatic rings. The Kier molecular flexibility index (Phi) is 10.1. The number of aromatic nitrogens is 4. The lowest BCUT2D eigenvalue weighted by Gasteiger charge is -2.45. The Balaban J connectivity index is 0.932. The topological polar surface area (TPSA) is 39.3 Å². The molecule has 92 heavy (non-hydrogen) atoms. The highest BCUT2D eigenvalue weighted by atomic mass is 16.3. The van der Waals surface area contributed by atoms with E-state index < -0.39 is 0 Å². The molecule has 0 N–H and O–H groups in total. The van der Waals surface area contributed by atoms with Crippen molar-refractivity contribution in [3.63, 3.8) is 0 Å².